The molecule has 2 rings (SSSR count). The number of ether oxygens (including phenoxy) is 1. The van der Waals surface area contributed by atoms with Gasteiger partial charge in [-0.3, -0.25) is 5.10 Å². The van der Waals surface area contributed by atoms with Crippen molar-refractivity contribution in [2.75, 3.05) is 18.1 Å². The predicted octanol–water partition coefficient (Wildman–Crippen LogP) is 1.87. The van der Waals surface area contributed by atoms with Crippen LogP contribution in [0.1, 0.15) is 5.82 Å². The van der Waals surface area contributed by atoms with Crippen molar-refractivity contribution in [3.05, 3.63) is 30.1 Å². The fourth-order valence-electron chi connectivity index (χ4n) is 1.28. The molecular formula is C11H14N4OS. The van der Waals surface area contributed by atoms with Crippen molar-refractivity contribution in [1.82, 2.24) is 15.2 Å². The number of hydrogen-bond donors (Lipinski definition) is 2. The smallest absolute Gasteiger partial charge is 0.208 e. The molecule has 2 aromatic rings. The lowest BCUT2D eigenvalue weighted by atomic mass is 10.3. The summed E-state index contributed by atoms with van der Waals surface area (Å²) in [7, 11) is 0. The van der Waals surface area contributed by atoms with E-state index >= 15 is 0 Å². The third kappa shape index (κ3) is 3.39. The van der Waals surface area contributed by atoms with Crippen LogP contribution in [0.3, 0.4) is 0 Å². The molecule has 0 aliphatic heterocycles. The highest BCUT2D eigenvalue weighted by Gasteiger charge is 2.01. The van der Waals surface area contributed by atoms with Gasteiger partial charge in [-0.2, -0.15) is 0 Å². The Morgan fingerprint density at radius 2 is 2.24 bits per heavy atom. The third-order valence-electron chi connectivity index (χ3n) is 2.07. The lowest BCUT2D eigenvalue weighted by molar-refractivity contribution is 0.345. The second-order valence-electron chi connectivity index (χ2n) is 3.44. The lowest BCUT2D eigenvalue weighted by Crippen LogP contribution is -2.02. The van der Waals surface area contributed by atoms with Gasteiger partial charge in [0, 0.05) is 5.75 Å². The highest BCUT2D eigenvalue weighted by molar-refractivity contribution is 7.99. The Labute approximate surface area is 104 Å². The largest absolute Gasteiger partial charge is 0.491 e. The summed E-state index contributed by atoms with van der Waals surface area (Å²) in [5.41, 5.74) is 6.41. The molecule has 0 saturated carbocycles. The molecule has 0 saturated heterocycles. The molecule has 90 valence electrons. The first-order chi connectivity index (χ1) is 8.25. The zero-order valence-corrected chi connectivity index (χ0v) is 10.3. The van der Waals surface area contributed by atoms with Gasteiger partial charge >= 0.3 is 0 Å². The van der Waals surface area contributed by atoms with Gasteiger partial charge in [0.05, 0.1) is 12.3 Å². The van der Waals surface area contributed by atoms with Gasteiger partial charge in [0.1, 0.15) is 11.6 Å². The third-order valence-corrected chi connectivity index (χ3v) is 2.88. The average molecular weight is 250 g/mol. The lowest BCUT2D eigenvalue weighted by Gasteiger charge is -2.07. The van der Waals surface area contributed by atoms with Crippen LogP contribution in [0.5, 0.6) is 5.75 Å². The molecule has 17 heavy (non-hydrogen) atoms. The molecule has 0 fully saturated rings. The first kappa shape index (κ1) is 11.8. The van der Waals surface area contributed by atoms with E-state index in [4.69, 9.17) is 10.5 Å². The van der Waals surface area contributed by atoms with Crippen molar-refractivity contribution in [2.45, 2.75) is 12.1 Å². The van der Waals surface area contributed by atoms with Crippen molar-refractivity contribution in [2.24, 2.45) is 0 Å². The van der Waals surface area contributed by atoms with E-state index in [9.17, 15) is 0 Å². The van der Waals surface area contributed by atoms with E-state index in [1.54, 1.807) is 11.8 Å². The minimum absolute atomic E-state index is 0.576. The van der Waals surface area contributed by atoms with Crippen molar-refractivity contribution >= 4 is 17.4 Å². The number of H-pyrrole nitrogens is 1. The van der Waals surface area contributed by atoms with Gasteiger partial charge in [-0.25, -0.2) is 4.98 Å². The summed E-state index contributed by atoms with van der Waals surface area (Å²) in [5, 5.41) is 7.56. The molecule has 6 heteroatoms. The van der Waals surface area contributed by atoms with Gasteiger partial charge < -0.3 is 10.5 Å². The van der Waals surface area contributed by atoms with Crippen molar-refractivity contribution in [1.29, 1.82) is 0 Å². The molecular weight excluding hydrogens is 236 g/mol. The van der Waals surface area contributed by atoms with Gasteiger partial charge in [0.15, 0.2) is 0 Å². The standard InChI is InChI=1S/C11H14N4OS/c1-8-13-11(15-14-8)17-7-6-16-10-5-3-2-4-9(10)12/h2-5H,6-7,12H2,1H3,(H,13,14,15). The maximum Gasteiger partial charge on any atom is 0.208 e. The topological polar surface area (TPSA) is 76.8 Å². The van der Waals surface area contributed by atoms with E-state index in [-0.39, 0.29) is 0 Å². The molecule has 0 aliphatic rings. The Hall–Kier alpha value is -1.69. The van der Waals surface area contributed by atoms with Crippen LogP contribution in [-0.2, 0) is 0 Å². The molecule has 0 radical (unpaired) electrons. The molecule has 5 nitrogen and oxygen atoms in total. The summed E-state index contributed by atoms with van der Waals surface area (Å²) >= 11 is 1.55. The van der Waals surface area contributed by atoms with Crippen LogP contribution in [0.25, 0.3) is 0 Å². The normalized spacial score (nSPS) is 10.4. The summed E-state index contributed by atoms with van der Waals surface area (Å²) in [6.07, 6.45) is 0. The van der Waals surface area contributed by atoms with Crippen molar-refractivity contribution in [3.8, 4) is 5.75 Å². The maximum atomic E-state index is 5.76. The number of aromatic amines is 1. The Kier molecular flexibility index (Phi) is 3.87. The molecule has 0 spiro atoms. The SMILES string of the molecule is Cc1nc(SCCOc2ccccc2N)n[nH]1. The van der Waals surface area contributed by atoms with Gasteiger partial charge in [-0.05, 0) is 19.1 Å². The quantitative estimate of drug-likeness (QED) is 0.481. The van der Waals surface area contributed by atoms with E-state index in [1.165, 1.54) is 0 Å². The number of para-hydroxylation sites is 2. The van der Waals surface area contributed by atoms with Gasteiger partial charge in [-0.15, -0.1) is 5.10 Å². The number of nitrogens with one attached hydrogen (secondary N) is 1. The van der Waals surface area contributed by atoms with E-state index in [0.29, 0.717) is 12.3 Å². The summed E-state index contributed by atoms with van der Waals surface area (Å²) < 4.78 is 5.55. The van der Waals surface area contributed by atoms with E-state index in [0.717, 1.165) is 22.5 Å². The summed E-state index contributed by atoms with van der Waals surface area (Å²) in [4.78, 5) is 4.19. The molecule has 0 amide bonds. The number of nitrogen functional groups attached to an aromatic ring is 1. The molecule has 1 aromatic heterocycles. The predicted molar refractivity (Wildman–Crippen MR) is 68.2 cm³/mol. The number of anilines is 1. The van der Waals surface area contributed by atoms with Gasteiger partial charge in [-0.1, -0.05) is 23.9 Å². The number of thioether (sulfide) groups is 1. The minimum atomic E-state index is 0.576. The first-order valence-corrected chi connectivity index (χ1v) is 6.23. The Balaban J connectivity index is 1.75. The Bertz CT molecular complexity index is 486. The van der Waals surface area contributed by atoms with E-state index in [2.05, 4.69) is 15.2 Å². The molecule has 0 atom stereocenters. The zero-order chi connectivity index (χ0) is 12.1. The number of aryl methyl sites for hydroxylation is 1. The second kappa shape index (κ2) is 5.58. The fraction of sp³-hybridized carbons (Fsp3) is 0.273. The van der Waals surface area contributed by atoms with Gasteiger partial charge in [0.25, 0.3) is 0 Å². The molecule has 0 bridgehead atoms. The maximum absolute atomic E-state index is 5.76. The van der Waals surface area contributed by atoms with Crippen molar-refractivity contribution < 1.29 is 4.74 Å². The molecule has 1 aromatic carbocycles. The molecule has 0 aliphatic carbocycles. The summed E-state index contributed by atoms with van der Waals surface area (Å²) in [5.74, 6) is 2.33. The minimum Gasteiger partial charge on any atom is -0.491 e. The van der Waals surface area contributed by atoms with Crippen LogP contribution in [0, 0.1) is 6.92 Å². The van der Waals surface area contributed by atoms with Gasteiger partial charge in [0.2, 0.25) is 5.16 Å². The van der Waals surface area contributed by atoms with Crippen molar-refractivity contribution in [3.63, 3.8) is 0 Å². The molecule has 1 heterocycles. The number of nitrogens with zero attached hydrogens (tertiary/aromatic N) is 2. The van der Waals surface area contributed by atoms with Crippen LogP contribution in [-0.4, -0.2) is 27.5 Å². The number of benzene rings is 1. The van der Waals surface area contributed by atoms with Crippen LogP contribution >= 0.6 is 11.8 Å². The van der Waals surface area contributed by atoms with Crippen LogP contribution in [0.2, 0.25) is 0 Å². The number of hydrogen-bond acceptors (Lipinski definition) is 5. The first-order valence-electron chi connectivity index (χ1n) is 5.25. The average Bonchev–Trinajstić information content (AvgIpc) is 2.73. The van der Waals surface area contributed by atoms with Crippen LogP contribution in [0.4, 0.5) is 5.69 Å². The zero-order valence-electron chi connectivity index (χ0n) is 9.51. The number of nitrogens with two attached hydrogens (primary N) is 1. The highest BCUT2D eigenvalue weighted by atomic mass is 32.2. The second-order valence-corrected chi connectivity index (χ2v) is 4.50. The summed E-state index contributed by atoms with van der Waals surface area (Å²) in [6.45, 7) is 2.45. The Morgan fingerprint density at radius 1 is 1.41 bits per heavy atom. The highest BCUT2D eigenvalue weighted by Crippen LogP contribution is 2.20. The molecule has 0 unspecified atom stereocenters. The summed E-state index contributed by atoms with van der Waals surface area (Å²) in [6, 6.07) is 7.46. The number of rotatable bonds is 5. The van der Waals surface area contributed by atoms with E-state index < -0.39 is 0 Å². The fourth-order valence-corrected chi connectivity index (χ4v) is 1.94. The Morgan fingerprint density at radius 3 is 2.94 bits per heavy atom. The monoisotopic (exact) mass is 250 g/mol. The van der Waals surface area contributed by atoms with E-state index in [1.807, 2.05) is 31.2 Å². The van der Waals surface area contributed by atoms with Crippen LogP contribution in [0.15, 0.2) is 29.4 Å². The number of aromatic nitrogens is 3. The van der Waals surface area contributed by atoms with Crippen LogP contribution < -0.4 is 10.5 Å². The molecule has 3 N–H and O–H groups in total.